The van der Waals surface area contributed by atoms with Gasteiger partial charge in [-0.05, 0) is 5.92 Å². The van der Waals surface area contributed by atoms with Gasteiger partial charge in [-0.25, -0.2) is 0 Å². The molecule has 3 fully saturated rings. The summed E-state index contributed by atoms with van der Waals surface area (Å²) >= 11 is 0. The summed E-state index contributed by atoms with van der Waals surface area (Å²) in [6.07, 6.45) is 4.42. The maximum atomic E-state index is 5.95. The first-order valence-electron chi connectivity index (χ1n) is 6.52. The van der Waals surface area contributed by atoms with Gasteiger partial charge in [-0.3, -0.25) is 0 Å². The van der Waals surface area contributed by atoms with Crippen molar-refractivity contribution < 1.29 is 18.9 Å². The summed E-state index contributed by atoms with van der Waals surface area (Å²) in [5.41, 5.74) is 0. The molecular weight excluding hydrogens is 220 g/mol. The lowest BCUT2D eigenvalue weighted by molar-refractivity contribution is -0.195. The van der Waals surface area contributed by atoms with Gasteiger partial charge in [0.2, 0.25) is 0 Å². The summed E-state index contributed by atoms with van der Waals surface area (Å²) < 4.78 is 23.3. The molecule has 2 bridgehead atoms. The van der Waals surface area contributed by atoms with Crippen molar-refractivity contribution in [2.75, 3.05) is 26.4 Å². The summed E-state index contributed by atoms with van der Waals surface area (Å²) in [5.74, 6) is 1.09. The van der Waals surface area contributed by atoms with E-state index in [9.17, 15) is 0 Å². The van der Waals surface area contributed by atoms with Crippen LogP contribution in [0.2, 0.25) is 0 Å². The molecule has 94 valence electrons. The topological polar surface area (TPSA) is 36.9 Å². The summed E-state index contributed by atoms with van der Waals surface area (Å²) in [7, 11) is 0. The first-order valence-corrected chi connectivity index (χ1v) is 6.52. The lowest BCUT2D eigenvalue weighted by Gasteiger charge is -2.30. The van der Waals surface area contributed by atoms with Crippen molar-refractivity contribution in [1.29, 1.82) is 0 Å². The molecule has 4 unspecified atom stereocenters. The normalized spacial score (nSPS) is 47.6. The summed E-state index contributed by atoms with van der Waals surface area (Å²) in [4.78, 5) is 0. The second-order valence-corrected chi connectivity index (χ2v) is 5.40. The average Bonchev–Trinajstić information content (AvgIpc) is 3.08. The van der Waals surface area contributed by atoms with Crippen LogP contribution in [0.15, 0.2) is 12.2 Å². The highest BCUT2D eigenvalue weighted by Gasteiger charge is 2.65. The van der Waals surface area contributed by atoms with E-state index in [1.54, 1.807) is 0 Å². The zero-order chi connectivity index (χ0) is 11.5. The van der Waals surface area contributed by atoms with Gasteiger partial charge in [-0.15, -0.1) is 0 Å². The molecule has 2 aliphatic heterocycles. The minimum Gasteiger partial charge on any atom is -0.350 e. The molecule has 0 N–H and O–H groups in total. The maximum Gasteiger partial charge on any atom is 0.181 e. The summed E-state index contributed by atoms with van der Waals surface area (Å²) in [6, 6.07) is 0. The van der Waals surface area contributed by atoms with E-state index in [2.05, 4.69) is 19.1 Å². The highest BCUT2D eigenvalue weighted by atomic mass is 16.7. The number of ether oxygens (including phenoxy) is 4. The Kier molecular flexibility index (Phi) is 2.19. The molecule has 4 atom stereocenters. The Morgan fingerprint density at radius 2 is 1.59 bits per heavy atom. The van der Waals surface area contributed by atoms with E-state index < -0.39 is 5.79 Å². The van der Waals surface area contributed by atoms with Gasteiger partial charge in [0.1, 0.15) is 0 Å². The van der Waals surface area contributed by atoms with Gasteiger partial charge in [0.25, 0.3) is 0 Å². The molecule has 1 spiro atoms. The van der Waals surface area contributed by atoms with Crippen LogP contribution in [-0.4, -0.2) is 38.5 Å². The van der Waals surface area contributed by atoms with E-state index >= 15 is 0 Å². The first-order chi connectivity index (χ1) is 8.33. The molecule has 1 saturated carbocycles. The van der Waals surface area contributed by atoms with Crippen molar-refractivity contribution in [3.8, 4) is 0 Å². The smallest absolute Gasteiger partial charge is 0.181 e. The van der Waals surface area contributed by atoms with E-state index in [0.29, 0.717) is 44.2 Å². The third-order valence-corrected chi connectivity index (χ3v) is 4.74. The highest BCUT2D eigenvalue weighted by molar-refractivity contribution is 5.23. The van der Waals surface area contributed by atoms with Gasteiger partial charge in [0.05, 0.1) is 26.4 Å². The van der Waals surface area contributed by atoms with Crippen molar-refractivity contribution in [3.63, 3.8) is 0 Å². The van der Waals surface area contributed by atoms with Crippen LogP contribution in [0.5, 0.6) is 0 Å². The van der Waals surface area contributed by atoms with E-state index in [4.69, 9.17) is 18.9 Å². The molecular formula is C13H18O4. The number of rotatable bonds is 1. The molecule has 4 nitrogen and oxygen atoms in total. The molecule has 0 radical (unpaired) electrons. The Bertz CT molecular complexity index is 341. The Balaban J connectivity index is 1.67. The zero-order valence-corrected chi connectivity index (χ0v) is 10.0. The van der Waals surface area contributed by atoms with Crippen LogP contribution in [0.1, 0.15) is 6.92 Å². The molecule has 2 aliphatic carbocycles. The van der Waals surface area contributed by atoms with Crippen molar-refractivity contribution >= 4 is 0 Å². The van der Waals surface area contributed by atoms with Crippen LogP contribution in [0.3, 0.4) is 0 Å². The molecule has 17 heavy (non-hydrogen) atoms. The van der Waals surface area contributed by atoms with Crippen LogP contribution >= 0.6 is 0 Å². The standard InChI is InChI=1S/C13H18O4/c1-8-9-2-3-10(13(9)16-6-7-17-13)11(8)12-14-4-5-15-12/h2-3,8-12H,4-7H2,1H3. The monoisotopic (exact) mass is 238 g/mol. The Hall–Kier alpha value is -0.420. The third-order valence-electron chi connectivity index (χ3n) is 4.74. The quantitative estimate of drug-likeness (QED) is 0.643. The Labute approximate surface area is 101 Å². The first kappa shape index (κ1) is 10.5. The molecule has 0 aromatic heterocycles. The van der Waals surface area contributed by atoms with Gasteiger partial charge in [0, 0.05) is 17.8 Å². The van der Waals surface area contributed by atoms with Crippen LogP contribution in [-0.2, 0) is 18.9 Å². The van der Waals surface area contributed by atoms with Crippen molar-refractivity contribution in [2.24, 2.45) is 23.7 Å². The predicted molar refractivity (Wildman–Crippen MR) is 59.1 cm³/mol. The van der Waals surface area contributed by atoms with E-state index in [-0.39, 0.29) is 12.2 Å². The van der Waals surface area contributed by atoms with Gasteiger partial charge >= 0.3 is 0 Å². The largest absolute Gasteiger partial charge is 0.350 e. The summed E-state index contributed by atoms with van der Waals surface area (Å²) in [6.45, 7) is 5.10. The van der Waals surface area contributed by atoms with Gasteiger partial charge < -0.3 is 18.9 Å². The minimum atomic E-state index is -0.403. The lowest BCUT2D eigenvalue weighted by atomic mass is 9.84. The van der Waals surface area contributed by atoms with Crippen molar-refractivity contribution in [1.82, 2.24) is 0 Å². The van der Waals surface area contributed by atoms with Gasteiger partial charge in [0.15, 0.2) is 12.1 Å². The van der Waals surface area contributed by atoms with E-state index in [0.717, 1.165) is 0 Å². The molecule has 4 aliphatic rings. The van der Waals surface area contributed by atoms with Crippen LogP contribution in [0.25, 0.3) is 0 Å². The number of hydrogen-bond donors (Lipinski definition) is 0. The van der Waals surface area contributed by atoms with Crippen LogP contribution < -0.4 is 0 Å². The average molecular weight is 238 g/mol. The molecule has 2 heterocycles. The molecule has 2 saturated heterocycles. The zero-order valence-electron chi connectivity index (χ0n) is 10.0. The Morgan fingerprint density at radius 3 is 2.29 bits per heavy atom. The van der Waals surface area contributed by atoms with Crippen molar-refractivity contribution in [2.45, 2.75) is 19.0 Å². The van der Waals surface area contributed by atoms with Crippen molar-refractivity contribution in [3.05, 3.63) is 12.2 Å². The minimum absolute atomic E-state index is 0.0744. The SMILES string of the molecule is CC1C(C2OCCO2)C2C=CC1C21OCCO1. The lowest BCUT2D eigenvalue weighted by Crippen LogP contribution is -2.39. The van der Waals surface area contributed by atoms with E-state index in [1.807, 2.05) is 0 Å². The van der Waals surface area contributed by atoms with Crippen LogP contribution in [0.4, 0.5) is 0 Å². The van der Waals surface area contributed by atoms with E-state index in [1.165, 1.54) is 0 Å². The molecule has 0 aromatic carbocycles. The fourth-order valence-electron chi connectivity index (χ4n) is 4.08. The molecule has 4 heteroatoms. The summed E-state index contributed by atoms with van der Waals surface area (Å²) in [5, 5.41) is 0. The molecule has 0 aromatic rings. The fraction of sp³-hybridized carbons (Fsp3) is 0.846. The molecule has 4 rings (SSSR count). The second-order valence-electron chi connectivity index (χ2n) is 5.40. The van der Waals surface area contributed by atoms with Gasteiger partial charge in [-0.2, -0.15) is 0 Å². The maximum absolute atomic E-state index is 5.95. The Morgan fingerprint density at radius 1 is 0.941 bits per heavy atom. The third kappa shape index (κ3) is 1.22. The number of hydrogen-bond acceptors (Lipinski definition) is 4. The van der Waals surface area contributed by atoms with Gasteiger partial charge in [-0.1, -0.05) is 19.1 Å². The highest BCUT2D eigenvalue weighted by Crippen LogP contribution is 2.59. The predicted octanol–water partition coefficient (Wildman–Crippen LogP) is 1.17. The molecule has 0 amide bonds. The fourth-order valence-corrected chi connectivity index (χ4v) is 4.08. The second kappa shape index (κ2) is 3.54. The van der Waals surface area contributed by atoms with Crippen LogP contribution in [0, 0.1) is 23.7 Å².